The Morgan fingerprint density at radius 3 is 2.46 bits per heavy atom. The van der Waals surface area contributed by atoms with Crippen LogP contribution in [0.15, 0.2) is 47.1 Å². The van der Waals surface area contributed by atoms with E-state index in [1.807, 2.05) is 11.0 Å². The Hall–Kier alpha value is -2.12. The minimum absolute atomic E-state index is 0.0245. The summed E-state index contributed by atoms with van der Waals surface area (Å²) in [5.74, 6) is 0.793. The van der Waals surface area contributed by atoms with Gasteiger partial charge in [-0.15, -0.1) is 0 Å². The first kappa shape index (κ1) is 29.4. The number of carbonyl (C=O) groups is 2. The molecule has 1 aliphatic carbocycles. The standard InChI is InChI=1S/C30H44BrN3O3/c1-3-4-18-33(23-28-11-7-19-32(28)22-26-12-15-27(31)16-13-26)30(36)24-34(20-8-21-37-2)29(35)17-14-25-9-5-6-10-25/h7,11-13,15-16,19,25H,3-6,8-10,14,17-18,20-24H2,1-2H3. The molecule has 1 saturated carbocycles. The predicted molar refractivity (Wildman–Crippen MR) is 152 cm³/mol. The summed E-state index contributed by atoms with van der Waals surface area (Å²) in [5.41, 5.74) is 2.31. The highest BCUT2D eigenvalue weighted by molar-refractivity contribution is 9.10. The highest BCUT2D eigenvalue weighted by Gasteiger charge is 2.23. The fourth-order valence-electron chi connectivity index (χ4n) is 5.11. The van der Waals surface area contributed by atoms with Crippen molar-refractivity contribution in [2.24, 2.45) is 5.92 Å². The first-order valence-electron chi connectivity index (χ1n) is 13.9. The molecule has 0 saturated heterocycles. The van der Waals surface area contributed by atoms with Gasteiger partial charge in [0, 0.05) is 56.1 Å². The van der Waals surface area contributed by atoms with Gasteiger partial charge in [-0.3, -0.25) is 9.59 Å². The van der Waals surface area contributed by atoms with Crippen LogP contribution in [0.2, 0.25) is 0 Å². The monoisotopic (exact) mass is 573 g/mol. The smallest absolute Gasteiger partial charge is 0.242 e. The number of halogens is 1. The predicted octanol–water partition coefficient (Wildman–Crippen LogP) is 6.26. The summed E-state index contributed by atoms with van der Waals surface area (Å²) in [6.07, 6.45) is 11.3. The summed E-state index contributed by atoms with van der Waals surface area (Å²) in [5, 5.41) is 0. The van der Waals surface area contributed by atoms with Crippen LogP contribution in [0.1, 0.15) is 76.0 Å². The molecule has 0 unspecified atom stereocenters. The zero-order chi connectivity index (χ0) is 26.5. The number of ether oxygens (including phenoxy) is 1. The summed E-state index contributed by atoms with van der Waals surface area (Å²) < 4.78 is 8.49. The van der Waals surface area contributed by atoms with E-state index >= 15 is 0 Å². The lowest BCUT2D eigenvalue weighted by molar-refractivity contribution is -0.141. The molecule has 1 aromatic carbocycles. The van der Waals surface area contributed by atoms with Gasteiger partial charge in [-0.1, -0.05) is 67.1 Å². The molecule has 0 bridgehead atoms. The van der Waals surface area contributed by atoms with E-state index < -0.39 is 0 Å². The molecule has 0 spiro atoms. The molecule has 0 atom stereocenters. The zero-order valence-corrected chi connectivity index (χ0v) is 24.3. The van der Waals surface area contributed by atoms with Crippen molar-refractivity contribution in [3.05, 3.63) is 58.3 Å². The number of aromatic nitrogens is 1. The number of rotatable bonds is 16. The first-order valence-corrected chi connectivity index (χ1v) is 14.7. The van der Waals surface area contributed by atoms with Crippen LogP contribution < -0.4 is 0 Å². The first-order chi connectivity index (χ1) is 18.0. The number of hydrogen-bond donors (Lipinski definition) is 0. The molecule has 1 heterocycles. The van der Waals surface area contributed by atoms with Crippen LogP contribution in [-0.2, 0) is 27.4 Å². The van der Waals surface area contributed by atoms with Crippen LogP contribution in [0.25, 0.3) is 0 Å². The van der Waals surface area contributed by atoms with Gasteiger partial charge in [-0.2, -0.15) is 0 Å². The van der Waals surface area contributed by atoms with Gasteiger partial charge in [0.2, 0.25) is 11.8 Å². The molecule has 7 heteroatoms. The third-order valence-corrected chi connectivity index (χ3v) is 7.90. The minimum atomic E-state index is 0.0245. The van der Waals surface area contributed by atoms with Crippen LogP contribution >= 0.6 is 15.9 Å². The van der Waals surface area contributed by atoms with Crippen molar-refractivity contribution in [3.63, 3.8) is 0 Å². The number of carbonyl (C=O) groups excluding carboxylic acids is 2. The molecule has 0 radical (unpaired) electrons. The Bertz CT molecular complexity index is 953. The number of benzene rings is 1. The molecule has 0 N–H and O–H groups in total. The molecule has 2 aromatic rings. The molecular formula is C30H44BrN3O3. The van der Waals surface area contributed by atoms with E-state index in [4.69, 9.17) is 4.74 Å². The Balaban J connectivity index is 1.65. The summed E-state index contributed by atoms with van der Waals surface area (Å²) in [6.45, 7) is 5.43. The Morgan fingerprint density at radius 1 is 1.03 bits per heavy atom. The molecule has 2 amide bonds. The summed E-state index contributed by atoms with van der Waals surface area (Å²) in [4.78, 5) is 30.5. The highest BCUT2D eigenvalue weighted by atomic mass is 79.9. The van der Waals surface area contributed by atoms with E-state index in [9.17, 15) is 9.59 Å². The van der Waals surface area contributed by atoms with E-state index in [1.165, 1.54) is 31.2 Å². The van der Waals surface area contributed by atoms with Gasteiger partial charge < -0.3 is 19.1 Å². The van der Waals surface area contributed by atoms with E-state index in [1.54, 1.807) is 12.0 Å². The van der Waals surface area contributed by atoms with Crippen LogP contribution in [0.5, 0.6) is 0 Å². The van der Waals surface area contributed by atoms with Gasteiger partial charge in [-0.25, -0.2) is 0 Å². The van der Waals surface area contributed by atoms with Gasteiger partial charge in [0.05, 0.1) is 13.1 Å². The maximum absolute atomic E-state index is 13.6. The topological polar surface area (TPSA) is 54.8 Å². The quantitative estimate of drug-likeness (QED) is 0.222. The third kappa shape index (κ3) is 9.93. The molecule has 37 heavy (non-hydrogen) atoms. The molecule has 204 valence electrons. The second kappa shape index (κ2) is 16.0. The lowest BCUT2D eigenvalue weighted by atomic mass is 10.0. The lowest BCUT2D eigenvalue weighted by Gasteiger charge is -2.28. The van der Waals surface area contributed by atoms with Crippen molar-refractivity contribution in [2.75, 3.05) is 33.4 Å². The molecule has 1 fully saturated rings. The van der Waals surface area contributed by atoms with Gasteiger partial charge in [0.25, 0.3) is 0 Å². The summed E-state index contributed by atoms with van der Waals surface area (Å²) in [7, 11) is 1.67. The van der Waals surface area contributed by atoms with E-state index in [0.717, 1.165) is 42.4 Å². The number of nitrogens with zero attached hydrogens (tertiary/aromatic N) is 3. The van der Waals surface area contributed by atoms with Crippen molar-refractivity contribution in [1.82, 2.24) is 14.4 Å². The van der Waals surface area contributed by atoms with Crippen molar-refractivity contribution in [3.8, 4) is 0 Å². The van der Waals surface area contributed by atoms with Crippen LogP contribution in [0, 0.1) is 5.92 Å². The molecule has 1 aliphatic rings. The molecule has 3 rings (SSSR count). The second-order valence-electron chi connectivity index (χ2n) is 10.3. The van der Waals surface area contributed by atoms with Gasteiger partial charge in [0.1, 0.15) is 0 Å². The van der Waals surface area contributed by atoms with Crippen LogP contribution in [0.4, 0.5) is 0 Å². The number of methoxy groups -OCH3 is 1. The minimum Gasteiger partial charge on any atom is -0.385 e. The normalized spacial score (nSPS) is 13.7. The number of hydrogen-bond acceptors (Lipinski definition) is 3. The number of amides is 2. The summed E-state index contributed by atoms with van der Waals surface area (Å²) >= 11 is 3.50. The molecule has 1 aromatic heterocycles. The largest absolute Gasteiger partial charge is 0.385 e. The third-order valence-electron chi connectivity index (χ3n) is 7.37. The van der Waals surface area contributed by atoms with Gasteiger partial charge in [-0.05, 0) is 55.0 Å². The van der Waals surface area contributed by atoms with E-state index in [0.29, 0.717) is 38.6 Å². The second-order valence-corrected chi connectivity index (χ2v) is 11.2. The van der Waals surface area contributed by atoms with Crippen molar-refractivity contribution in [1.29, 1.82) is 0 Å². The zero-order valence-electron chi connectivity index (χ0n) is 22.7. The molecular weight excluding hydrogens is 530 g/mol. The van der Waals surface area contributed by atoms with Crippen molar-refractivity contribution >= 4 is 27.7 Å². The number of unbranched alkanes of at least 4 members (excludes halogenated alkanes) is 1. The Labute approximate surface area is 231 Å². The van der Waals surface area contributed by atoms with Crippen LogP contribution in [0.3, 0.4) is 0 Å². The maximum atomic E-state index is 13.6. The van der Waals surface area contributed by atoms with Crippen molar-refractivity contribution in [2.45, 2.75) is 77.8 Å². The molecule has 0 aliphatic heterocycles. The Kier molecular flexibility index (Phi) is 12.7. The fourth-order valence-corrected chi connectivity index (χ4v) is 5.37. The fraction of sp³-hybridized carbons (Fsp3) is 0.600. The van der Waals surface area contributed by atoms with E-state index in [-0.39, 0.29) is 18.4 Å². The average molecular weight is 575 g/mol. The lowest BCUT2D eigenvalue weighted by Crippen LogP contribution is -2.44. The van der Waals surface area contributed by atoms with E-state index in [2.05, 4.69) is 63.9 Å². The maximum Gasteiger partial charge on any atom is 0.242 e. The van der Waals surface area contributed by atoms with Gasteiger partial charge in [0.15, 0.2) is 0 Å². The Morgan fingerprint density at radius 2 is 1.76 bits per heavy atom. The summed E-state index contributed by atoms with van der Waals surface area (Å²) in [6, 6.07) is 12.5. The average Bonchev–Trinajstić information content (AvgIpc) is 3.58. The van der Waals surface area contributed by atoms with Crippen molar-refractivity contribution < 1.29 is 14.3 Å². The van der Waals surface area contributed by atoms with Crippen LogP contribution in [-0.4, -0.2) is 59.5 Å². The molecule has 6 nitrogen and oxygen atoms in total. The highest BCUT2D eigenvalue weighted by Crippen LogP contribution is 2.28. The van der Waals surface area contributed by atoms with Gasteiger partial charge >= 0.3 is 0 Å². The SMILES string of the molecule is CCCCN(Cc1cccn1Cc1ccc(Br)cc1)C(=O)CN(CCCOC)C(=O)CCC1CCCC1.